The molecule has 0 N–H and O–H groups in total. The molecule has 0 radical (unpaired) electrons. The lowest BCUT2D eigenvalue weighted by molar-refractivity contribution is -0.192. The molecule has 1 unspecified atom stereocenters. The van der Waals surface area contributed by atoms with Crippen LogP contribution in [0.3, 0.4) is 0 Å². The zero-order valence-corrected chi connectivity index (χ0v) is 14.4. The quantitative estimate of drug-likeness (QED) is 0.694. The van der Waals surface area contributed by atoms with Crippen molar-refractivity contribution >= 4 is 5.91 Å². The van der Waals surface area contributed by atoms with Crippen LogP contribution in [0.1, 0.15) is 31.3 Å². The summed E-state index contributed by atoms with van der Waals surface area (Å²) in [6.45, 7) is 3.81. The average molecular weight is 373 g/mol. The number of ether oxygens (including phenoxy) is 1. The molecule has 0 aliphatic rings. The van der Waals surface area contributed by atoms with Crippen molar-refractivity contribution in [3.63, 3.8) is 0 Å². The number of hydroxylamine groups is 2. The summed E-state index contributed by atoms with van der Waals surface area (Å²) in [6, 6.07) is 5.93. The van der Waals surface area contributed by atoms with Gasteiger partial charge in [-0.2, -0.15) is 18.2 Å². The van der Waals surface area contributed by atoms with Crippen molar-refractivity contribution in [2.75, 3.05) is 20.3 Å². The van der Waals surface area contributed by atoms with Crippen molar-refractivity contribution < 1.29 is 32.1 Å². The van der Waals surface area contributed by atoms with Crippen LogP contribution < -0.4 is 0 Å². The Morgan fingerprint density at radius 3 is 2.46 bits per heavy atom. The molecule has 142 valence electrons. The van der Waals surface area contributed by atoms with E-state index in [1.807, 2.05) is 0 Å². The van der Waals surface area contributed by atoms with Crippen molar-refractivity contribution in [1.29, 1.82) is 0 Å². The van der Waals surface area contributed by atoms with Gasteiger partial charge in [0.1, 0.15) is 6.61 Å². The van der Waals surface area contributed by atoms with Gasteiger partial charge in [-0.15, -0.1) is 0 Å². The van der Waals surface area contributed by atoms with Crippen LogP contribution in [-0.4, -0.2) is 41.4 Å². The van der Waals surface area contributed by atoms with Gasteiger partial charge in [-0.05, 0) is 19.4 Å². The number of hydrogen-bond donors (Lipinski definition) is 0. The third-order valence-electron chi connectivity index (χ3n) is 3.54. The molecular formula is C16H18F3N3O4. The fourth-order valence-corrected chi connectivity index (χ4v) is 2.23. The van der Waals surface area contributed by atoms with Gasteiger partial charge in [-0.1, -0.05) is 29.4 Å². The molecule has 1 aromatic heterocycles. The molecule has 0 bridgehead atoms. The number of amides is 1. The smallest absolute Gasteiger partial charge is 0.372 e. The van der Waals surface area contributed by atoms with E-state index in [1.165, 1.54) is 24.3 Å². The molecule has 1 aromatic carbocycles. The Bertz CT molecular complexity index is 731. The van der Waals surface area contributed by atoms with Crippen LogP contribution in [0.5, 0.6) is 0 Å². The third kappa shape index (κ3) is 4.58. The normalized spacial score (nSPS) is 12.8. The predicted octanol–water partition coefficient (Wildman–Crippen LogP) is 3.24. The lowest BCUT2D eigenvalue weighted by Crippen LogP contribution is -2.35. The first-order chi connectivity index (χ1) is 12.3. The lowest BCUT2D eigenvalue weighted by Gasteiger charge is -2.26. The number of aromatic nitrogens is 2. The van der Waals surface area contributed by atoms with Crippen molar-refractivity contribution in [3.05, 3.63) is 35.7 Å². The van der Waals surface area contributed by atoms with Gasteiger partial charge in [0.05, 0.1) is 13.2 Å². The first-order valence-corrected chi connectivity index (χ1v) is 7.73. The van der Waals surface area contributed by atoms with Crippen molar-refractivity contribution in [2.24, 2.45) is 0 Å². The van der Waals surface area contributed by atoms with Crippen LogP contribution in [0, 0.1) is 0 Å². The minimum atomic E-state index is -4.69. The van der Waals surface area contributed by atoms with E-state index in [-0.39, 0.29) is 18.3 Å². The first-order valence-electron chi connectivity index (χ1n) is 7.73. The highest BCUT2D eigenvalue weighted by Gasteiger charge is 2.38. The van der Waals surface area contributed by atoms with Crippen LogP contribution in [0.25, 0.3) is 11.4 Å². The third-order valence-corrected chi connectivity index (χ3v) is 3.54. The molecule has 7 nitrogen and oxygen atoms in total. The van der Waals surface area contributed by atoms with Gasteiger partial charge >= 0.3 is 12.1 Å². The summed E-state index contributed by atoms with van der Waals surface area (Å²) in [6.07, 6.45) is -4.69. The van der Waals surface area contributed by atoms with Crippen molar-refractivity contribution in [1.82, 2.24) is 15.2 Å². The molecule has 1 atom stereocenters. The number of carbonyl (C=O) groups excluding carboxylic acids is 1. The van der Waals surface area contributed by atoms with E-state index in [9.17, 15) is 18.0 Å². The van der Waals surface area contributed by atoms with E-state index >= 15 is 0 Å². The summed E-state index contributed by atoms with van der Waals surface area (Å²) in [4.78, 5) is 20.5. The van der Waals surface area contributed by atoms with E-state index in [0.29, 0.717) is 17.7 Å². The maximum atomic E-state index is 12.5. The minimum Gasteiger partial charge on any atom is -0.372 e. The Morgan fingerprint density at radius 1 is 1.31 bits per heavy atom. The zero-order valence-electron chi connectivity index (χ0n) is 14.4. The van der Waals surface area contributed by atoms with E-state index in [1.54, 1.807) is 26.0 Å². The Morgan fingerprint density at radius 2 is 1.96 bits per heavy atom. The summed E-state index contributed by atoms with van der Waals surface area (Å²) in [7, 11) is 1.37. The zero-order chi connectivity index (χ0) is 19.3. The molecular weight excluding hydrogens is 355 g/mol. The number of halogens is 3. The lowest BCUT2D eigenvalue weighted by atomic mass is 10.1. The number of benzene rings is 1. The number of nitrogens with zero attached hydrogens (tertiary/aromatic N) is 3. The fourth-order valence-electron chi connectivity index (χ4n) is 2.23. The van der Waals surface area contributed by atoms with Gasteiger partial charge in [-0.3, -0.25) is 9.63 Å². The van der Waals surface area contributed by atoms with Crippen LogP contribution in [0.2, 0.25) is 0 Å². The van der Waals surface area contributed by atoms with Crippen LogP contribution >= 0.6 is 0 Å². The summed E-state index contributed by atoms with van der Waals surface area (Å²) < 4.78 is 46.9. The molecule has 0 fully saturated rings. The van der Waals surface area contributed by atoms with Crippen LogP contribution in [-0.2, 0) is 20.5 Å². The van der Waals surface area contributed by atoms with E-state index in [2.05, 4.69) is 14.7 Å². The van der Waals surface area contributed by atoms with E-state index < -0.39 is 18.1 Å². The van der Waals surface area contributed by atoms with Gasteiger partial charge in [0.2, 0.25) is 5.82 Å². The van der Waals surface area contributed by atoms with Gasteiger partial charge in [0.25, 0.3) is 5.91 Å². The standard InChI is InChI=1S/C16H18F3N3O4/c1-4-25-9-13(23)22(24-3)10(2)11-5-7-12(8-6-11)14-20-15(26-21-14)16(17,18)19/h5-8,10H,4,9H2,1-3H3. The SMILES string of the molecule is CCOCC(=O)N(OC)C(C)c1ccc(-c2noc(C(F)(F)F)n2)cc1. The number of rotatable bonds is 7. The highest BCUT2D eigenvalue weighted by atomic mass is 19.4. The molecule has 26 heavy (non-hydrogen) atoms. The van der Waals surface area contributed by atoms with Gasteiger partial charge < -0.3 is 9.26 Å². The second-order valence-electron chi connectivity index (χ2n) is 5.26. The Labute approximate surface area is 147 Å². The highest BCUT2D eigenvalue weighted by Crippen LogP contribution is 2.30. The maximum absolute atomic E-state index is 12.5. The average Bonchev–Trinajstić information content (AvgIpc) is 3.11. The molecule has 1 amide bonds. The van der Waals surface area contributed by atoms with E-state index in [4.69, 9.17) is 9.57 Å². The largest absolute Gasteiger partial charge is 0.471 e. The molecule has 2 rings (SSSR count). The molecule has 0 spiro atoms. The number of alkyl halides is 3. The van der Waals surface area contributed by atoms with Gasteiger partial charge in [0, 0.05) is 12.2 Å². The topological polar surface area (TPSA) is 77.7 Å². The molecule has 0 aliphatic carbocycles. The van der Waals surface area contributed by atoms with Gasteiger partial charge in [0.15, 0.2) is 0 Å². The van der Waals surface area contributed by atoms with Crippen molar-refractivity contribution in [3.8, 4) is 11.4 Å². The summed E-state index contributed by atoms with van der Waals surface area (Å²) in [5.41, 5.74) is 1.06. The number of hydrogen-bond acceptors (Lipinski definition) is 6. The van der Waals surface area contributed by atoms with Gasteiger partial charge in [-0.25, -0.2) is 5.06 Å². The molecule has 1 heterocycles. The Kier molecular flexibility index (Phi) is 6.32. The fraction of sp³-hybridized carbons (Fsp3) is 0.438. The molecule has 0 saturated heterocycles. The van der Waals surface area contributed by atoms with E-state index in [0.717, 1.165) is 0 Å². The maximum Gasteiger partial charge on any atom is 0.471 e. The summed E-state index contributed by atoms with van der Waals surface area (Å²) >= 11 is 0. The summed E-state index contributed by atoms with van der Waals surface area (Å²) in [5.74, 6) is -1.93. The predicted molar refractivity (Wildman–Crippen MR) is 83.5 cm³/mol. The van der Waals surface area contributed by atoms with Crippen LogP contribution in [0.4, 0.5) is 13.2 Å². The Hall–Kier alpha value is -2.46. The summed E-state index contributed by atoms with van der Waals surface area (Å²) in [5, 5.41) is 4.50. The molecule has 0 saturated carbocycles. The highest BCUT2D eigenvalue weighted by molar-refractivity contribution is 5.76. The van der Waals surface area contributed by atoms with Crippen LogP contribution in [0.15, 0.2) is 28.8 Å². The second kappa shape index (κ2) is 8.28. The van der Waals surface area contributed by atoms with Crippen molar-refractivity contribution in [2.45, 2.75) is 26.1 Å². The monoisotopic (exact) mass is 373 g/mol. The first kappa shape index (κ1) is 19.9. The minimum absolute atomic E-state index is 0.115. The molecule has 2 aromatic rings. The molecule has 0 aliphatic heterocycles. The number of carbonyl (C=O) groups is 1. The Balaban J connectivity index is 2.15. The molecule has 10 heteroatoms. The second-order valence-corrected chi connectivity index (χ2v) is 5.26.